The standard InChI is InChI=1S/C38H63NO7/c1-6-8-10-12-14-15-16-17-18-19-20-21-23-24-26-28-36(40)45-33-34(32-44-31-30-35(38(42)43)39(3,4)5)46-37(41)29-27-25-22-13-11-9-7-2/h8-12,14-16,22,25,34-35H,6-7,13,17-21,23-24,26-33H2,1-5H3/p+1/b10-8+,11-9+,14-12+,16-15+,25-22+. The average molecular weight is 647 g/mol. The van der Waals surface area contributed by atoms with Crippen molar-refractivity contribution in [2.75, 3.05) is 41.0 Å². The molecule has 262 valence electrons. The van der Waals surface area contributed by atoms with E-state index in [9.17, 15) is 19.5 Å². The lowest BCUT2D eigenvalue weighted by Gasteiger charge is -2.31. The van der Waals surface area contributed by atoms with E-state index >= 15 is 0 Å². The van der Waals surface area contributed by atoms with Gasteiger partial charge in [-0.15, -0.1) is 0 Å². The van der Waals surface area contributed by atoms with Crippen molar-refractivity contribution < 1.29 is 38.2 Å². The Kier molecular flexibility index (Phi) is 27.5. The van der Waals surface area contributed by atoms with E-state index < -0.39 is 18.1 Å². The first kappa shape index (κ1) is 43.0. The molecule has 0 fully saturated rings. The quantitative estimate of drug-likeness (QED) is 0.0287. The molecule has 8 nitrogen and oxygen atoms in total. The average Bonchev–Trinajstić information content (AvgIpc) is 3.00. The van der Waals surface area contributed by atoms with Gasteiger partial charge < -0.3 is 23.8 Å². The predicted octanol–water partition coefficient (Wildman–Crippen LogP) is 8.29. The van der Waals surface area contributed by atoms with Crippen molar-refractivity contribution in [3.05, 3.63) is 60.8 Å². The summed E-state index contributed by atoms with van der Waals surface area (Å²) in [5.74, 6) is -1.59. The highest BCUT2D eigenvalue weighted by Crippen LogP contribution is 2.12. The zero-order chi connectivity index (χ0) is 34.3. The highest BCUT2D eigenvalue weighted by Gasteiger charge is 2.31. The molecule has 0 amide bonds. The number of carboxylic acids is 1. The van der Waals surface area contributed by atoms with E-state index in [4.69, 9.17) is 14.2 Å². The number of rotatable bonds is 29. The Hall–Kier alpha value is -2.97. The number of carbonyl (C=O) groups excluding carboxylic acids is 2. The van der Waals surface area contributed by atoms with Crippen LogP contribution in [0.2, 0.25) is 0 Å². The van der Waals surface area contributed by atoms with Gasteiger partial charge in [-0.25, -0.2) is 4.79 Å². The number of hydrogen-bond acceptors (Lipinski definition) is 6. The molecule has 0 spiro atoms. The summed E-state index contributed by atoms with van der Waals surface area (Å²) in [6.07, 6.45) is 33.0. The molecule has 0 rings (SSSR count). The van der Waals surface area contributed by atoms with Crippen molar-refractivity contribution in [3.8, 4) is 0 Å². The minimum Gasteiger partial charge on any atom is -0.477 e. The molecule has 0 aliphatic carbocycles. The molecule has 0 aliphatic rings. The van der Waals surface area contributed by atoms with Gasteiger partial charge in [-0.3, -0.25) is 9.59 Å². The van der Waals surface area contributed by atoms with Crippen LogP contribution in [-0.2, 0) is 28.6 Å². The molecule has 2 atom stereocenters. The van der Waals surface area contributed by atoms with Crippen LogP contribution in [-0.4, -0.2) is 80.6 Å². The third kappa shape index (κ3) is 27.3. The lowest BCUT2D eigenvalue weighted by Crippen LogP contribution is -2.50. The predicted molar refractivity (Wildman–Crippen MR) is 187 cm³/mol. The first-order valence-electron chi connectivity index (χ1n) is 17.4. The molecule has 0 aromatic heterocycles. The summed E-state index contributed by atoms with van der Waals surface area (Å²) < 4.78 is 17.0. The first-order chi connectivity index (χ1) is 22.1. The Balaban J connectivity index is 4.44. The summed E-state index contributed by atoms with van der Waals surface area (Å²) in [6.45, 7) is 4.34. The molecule has 0 aliphatic heterocycles. The normalized spacial score (nSPS) is 13.8. The number of carbonyl (C=O) groups is 3. The molecule has 0 radical (unpaired) electrons. The molecule has 1 N–H and O–H groups in total. The van der Waals surface area contributed by atoms with Crippen LogP contribution in [0.15, 0.2) is 60.8 Å². The van der Waals surface area contributed by atoms with Gasteiger partial charge in [-0.2, -0.15) is 0 Å². The van der Waals surface area contributed by atoms with Crippen LogP contribution in [0, 0.1) is 0 Å². The van der Waals surface area contributed by atoms with E-state index in [1.807, 2.05) is 33.3 Å². The molecule has 2 unspecified atom stereocenters. The Bertz CT molecular complexity index is 943. The second kappa shape index (κ2) is 29.4. The number of likely N-dealkylation sites (N-methyl/N-ethyl adjacent to an activating group) is 1. The second-order valence-electron chi connectivity index (χ2n) is 12.4. The van der Waals surface area contributed by atoms with E-state index in [1.165, 1.54) is 19.3 Å². The smallest absolute Gasteiger partial charge is 0.362 e. The van der Waals surface area contributed by atoms with Crippen LogP contribution < -0.4 is 0 Å². The van der Waals surface area contributed by atoms with Crippen LogP contribution in [0.3, 0.4) is 0 Å². The molecule has 0 bridgehead atoms. The number of aliphatic carboxylic acids is 1. The molecule has 0 aromatic rings. The van der Waals surface area contributed by atoms with Gasteiger partial charge >= 0.3 is 17.9 Å². The van der Waals surface area contributed by atoms with Gasteiger partial charge in [0.15, 0.2) is 12.1 Å². The van der Waals surface area contributed by atoms with Gasteiger partial charge in [0.1, 0.15) is 6.61 Å². The molecule has 0 saturated heterocycles. The Morgan fingerprint density at radius 2 is 1.30 bits per heavy atom. The Morgan fingerprint density at radius 1 is 0.674 bits per heavy atom. The van der Waals surface area contributed by atoms with Crippen LogP contribution in [0.5, 0.6) is 0 Å². The Morgan fingerprint density at radius 3 is 1.96 bits per heavy atom. The monoisotopic (exact) mass is 646 g/mol. The number of esters is 2. The van der Waals surface area contributed by atoms with Gasteiger partial charge in [0, 0.05) is 19.3 Å². The van der Waals surface area contributed by atoms with Gasteiger partial charge in [0.2, 0.25) is 0 Å². The maximum atomic E-state index is 12.5. The summed E-state index contributed by atoms with van der Waals surface area (Å²) in [4.78, 5) is 36.5. The van der Waals surface area contributed by atoms with E-state index in [2.05, 4.69) is 62.5 Å². The fourth-order valence-electron chi connectivity index (χ4n) is 4.56. The third-order valence-corrected chi connectivity index (χ3v) is 7.24. The fourth-order valence-corrected chi connectivity index (χ4v) is 4.56. The molecule has 0 saturated carbocycles. The van der Waals surface area contributed by atoms with Gasteiger partial charge in [-0.1, -0.05) is 107 Å². The van der Waals surface area contributed by atoms with Gasteiger partial charge in [-0.05, 0) is 44.9 Å². The zero-order valence-corrected chi connectivity index (χ0v) is 29.5. The zero-order valence-electron chi connectivity index (χ0n) is 29.5. The minimum atomic E-state index is -0.890. The van der Waals surface area contributed by atoms with Gasteiger partial charge in [0.25, 0.3) is 0 Å². The van der Waals surface area contributed by atoms with Crippen molar-refractivity contribution in [2.45, 2.75) is 122 Å². The molecule has 46 heavy (non-hydrogen) atoms. The minimum absolute atomic E-state index is 0.0307. The highest BCUT2D eigenvalue weighted by atomic mass is 16.6. The maximum Gasteiger partial charge on any atom is 0.362 e. The maximum absolute atomic E-state index is 12.5. The third-order valence-electron chi connectivity index (χ3n) is 7.24. The topological polar surface area (TPSA) is 99.1 Å². The van der Waals surface area contributed by atoms with E-state index in [1.54, 1.807) is 0 Å². The van der Waals surface area contributed by atoms with Crippen molar-refractivity contribution in [1.82, 2.24) is 0 Å². The van der Waals surface area contributed by atoms with Crippen LogP contribution in [0.1, 0.15) is 110 Å². The van der Waals surface area contributed by atoms with Crippen molar-refractivity contribution in [2.24, 2.45) is 0 Å². The van der Waals surface area contributed by atoms with Gasteiger partial charge in [0.05, 0.1) is 34.4 Å². The molecular weight excluding hydrogens is 582 g/mol. The summed E-state index contributed by atoms with van der Waals surface area (Å²) in [7, 11) is 5.47. The highest BCUT2D eigenvalue weighted by molar-refractivity contribution is 5.72. The number of hydrogen-bond donors (Lipinski definition) is 1. The number of ether oxygens (including phenoxy) is 3. The summed E-state index contributed by atoms with van der Waals surface area (Å²) in [5, 5.41) is 9.54. The number of allylic oxidation sites excluding steroid dienone is 10. The number of quaternary nitrogens is 1. The number of carboxylic acid groups (broad SMARTS) is 1. The summed E-state index contributed by atoms with van der Waals surface area (Å²) in [6, 6.07) is -0.624. The largest absolute Gasteiger partial charge is 0.477 e. The SMILES string of the molecule is CC/C=C/C=C/C=C/CCCCCCCCCC(=O)OCC(COCCC(C(=O)O)[N+](C)(C)C)OC(=O)CC/C=C/C/C=C/CC. The summed E-state index contributed by atoms with van der Waals surface area (Å²) >= 11 is 0. The lowest BCUT2D eigenvalue weighted by atomic mass is 10.1. The van der Waals surface area contributed by atoms with Crippen molar-refractivity contribution >= 4 is 17.9 Å². The summed E-state index contributed by atoms with van der Waals surface area (Å²) in [5.41, 5.74) is 0. The Labute approximate surface area is 279 Å². The van der Waals surface area contributed by atoms with Crippen LogP contribution >= 0.6 is 0 Å². The number of nitrogens with zero attached hydrogens (tertiary/aromatic N) is 1. The van der Waals surface area contributed by atoms with E-state index in [0.717, 1.165) is 51.4 Å². The number of unbranched alkanes of at least 4 members (excludes halogenated alkanes) is 7. The van der Waals surface area contributed by atoms with Crippen LogP contribution in [0.4, 0.5) is 0 Å². The molecule has 8 heteroatoms. The molecule has 0 aromatic carbocycles. The second-order valence-corrected chi connectivity index (χ2v) is 12.4. The first-order valence-corrected chi connectivity index (χ1v) is 17.4. The van der Waals surface area contributed by atoms with E-state index in [0.29, 0.717) is 19.3 Å². The van der Waals surface area contributed by atoms with Crippen molar-refractivity contribution in [1.29, 1.82) is 0 Å². The molecular formula is C38H64NO7+. The fraction of sp³-hybridized carbons (Fsp3) is 0.658. The van der Waals surface area contributed by atoms with E-state index in [-0.39, 0.29) is 42.7 Å². The molecule has 0 heterocycles. The lowest BCUT2D eigenvalue weighted by molar-refractivity contribution is -0.887. The van der Waals surface area contributed by atoms with Crippen molar-refractivity contribution in [3.63, 3.8) is 0 Å². The van der Waals surface area contributed by atoms with Crippen LogP contribution in [0.25, 0.3) is 0 Å².